The van der Waals surface area contributed by atoms with Crippen molar-refractivity contribution < 1.29 is 14.7 Å². The van der Waals surface area contributed by atoms with Crippen LogP contribution in [0.1, 0.15) is 106 Å². The van der Waals surface area contributed by atoms with Gasteiger partial charge in [-0.05, 0) is 96.0 Å². The monoisotopic (exact) mass is 452 g/mol. The summed E-state index contributed by atoms with van der Waals surface area (Å²) in [6.45, 7) is 16.4. The van der Waals surface area contributed by atoms with E-state index in [0.29, 0.717) is 24.0 Å². The highest BCUT2D eigenvalue weighted by atomic mass is 16.4. The number of rotatable bonds is 1. The molecule has 0 amide bonds. The number of aliphatic carboxylic acids is 1. The number of Topliss-reactive ketones (excluding diaryl/α,β-unsaturated/α-hetero) is 1. The van der Waals surface area contributed by atoms with Crippen LogP contribution in [-0.2, 0) is 9.59 Å². The van der Waals surface area contributed by atoms with Gasteiger partial charge in [-0.3, -0.25) is 9.59 Å². The summed E-state index contributed by atoms with van der Waals surface area (Å²) in [4.78, 5) is 25.6. The molecule has 5 aliphatic rings. The van der Waals surface area contributed by atoms with Gasteiger partial charge in [0.25, 0.3) is 0 Å². The van der Waals surface area contributed by atoms with E-state index >= 15 is 0 Å². The predicted octanol–water partition coefficient (Wildman–Crippen LogP) is 7.36. The topological polar surface area (TPSA) is 54.4 Å². The lowest BCUT2D eigenvalue weighted by Crippen LogP contribution is -2.62. The molecule has 3 fully saturated rings. The summed E-state index contributed by atoms with van der Waals surface area (Å²) in [6, 6.07) is 0. The number of allylic oxidation sites excluding steroid dienone is 3. The Morgan fingerprint density at radius 1 is 0.939 bits per heavy atom. The normalized spacial score (nSPS) is 47.8. The molecule has 0 heterocycles. The first-order valence-corrected chi connectivity index (χ1v) is 13.3. The first kappa shape index (κ1) is 23.4. The van der Waals surface area contributed by atoms with Crippen LogP contribution in [0.2, 0.25) is 0 Å². The minimum absolute atomic E-state index is 0.00625. The van der Waals surface area contributed by atoms with Crippen molar-refractivity contribution in [2.24, 2.45) is 44.3 Å². The summed E-state index contributed by atoms with van der Waals surface area (Å²) in [5.74, 6) is 0.684. The number of ketones is 1. The summed E-state index contributed by atoms with van der Waals surface area (Å²) >= 11 is 0. The third kappa shape index (κ3) is 2.74. The number of hydrogen-bond donors (Lipinski definition) is 1. The van der Waals surface area contributed by atoms with Gasteiger partial charge in [0.1, 0.15) is 5.78 Å². The number of carboxylic acid groups (broad SMARTS) is 1. The van der Waals surface area contributed by atoms with E-state index in [4.69, 9.17) is 0 Å². The molecule has 6 atom stereocenters. The molecule has 182 valence electrons. The van der Waals surface area contributed by atoms with Gasteiger partial charge < -0.3 is 5.11 Å². The van der Waals surface area contributed by atoms with E-state index < -0.39 is 11.4 Å². The van der Waals surface area contributed by atoms with Crippen LogP contribution in [0.15, 0.2) is 23.3 Å². The Morgan fingerprint density at radius 2 is 1.61 bits per heavy atom. The Hall–Kier alpha value is -1.38. The first-order chi connectivity index (χ1) is 15.1. The fourth-order valence-corrected chi connectivity index (χ4v) is 9.75. The molecule has 0 aliphatic heterocycles. The number of hydrogen-bond acceptors (Lipinski definition) is 2. The Bertz CT molecular complexity index is 983. The molecule has 0 spiro atoms. The predicted molar refractivity (Wildman–Crippen MR) is 132 cm³/mol. The van der Waals surface area contributed by atoms with Gasteiger partial charge in [0.15, 0.2) is 0 Å². The molecule has 3 nitrogen and oxygen atoms in total. The Kier molecular flexibility index (Phi) is 4.70. The summed E-state index contributed by atoms with van der Waals surface area (Å²) in [6.07, 6.45) is 13.1. The average Bonchev–Trinajstić information content (AvgIpc) is 2.71. The molecule has 0 bridgehead atoms. The lowest BCUT2D eigenvalue weighted by molar-refractivity contribution is -0.168. The van der Waals surface area contributed by atoms with Crippen molar-refractivity contribution in [3.8, 4) is 0 Å². The second kappa shape index (κ2) is 6.64. The molecule has 1 N–H and O–H groups in total. The van der Waals surface area contributed by atoms with Gasteiger partial charge >= 0.3 is 5.97 Å². The van der Waals surface area contributed by atoms with Crippen molar-refractivity contribution in [2.75, 3.05) is 0 Å². The van der Waals surface area contributed by atoms with Crippen LogP contribution in [0.3, 0.4) is 0 Å². The summed E-state index contributed by atoms with van der Waals surface area (Å²) < 4.78 is 0. The zero-order chi connectivity index (χ0) is 24.2. The number of carbonyl (C=O) groups is 2. The minimum atomic E-state index is -0.668. The average molecular weight is 453 g/mol. The Morgan fingerprint density at radius 3 is 2.27 bits per heavy atom. The van der Waals surface area contributed by atoms with E-state index in [-0.39, 0.29) is 27.1 Å². The van der Waals surface area contributed by atoms with Crippen LogP contribution in [-0.4, -0.2) is 16.9 Å². The highest BCUT2D eigenvalue weighted by Gasteiger charge is 2.67. The van der Waals surface area contributed by atoms with Gasteiger partial charge in [-0.25, -0.2) is 0 Å². The fourth-order valence-electron chi connectivity index (χ4n) is 9.75. The summed E-state index contributed by atoms with van der Waals surface area (Å²) in [5, 5.41) is 10.5. The summed E-state index contributed by atoms with van der Waals surface area (Å²) in [7, 11) is 0. The van der Waals surface area contributed by atoms with Crippen LogP contribution in [0.25, 0.3) is 0 Å². The van der Waals surface area contributed by atoms with Gasteiger partial charge in [-0.15, -0.1) is 0 Å². The van der Waals surface area contributed by atoms with Crippen molar-refractivity contribution in [1.82, 2.24) is 0 Å². The summed E-state index contributed by atoms with van der Waals surface area (Å²) in [5.41, 5.74) is 2.04. The Labute approximate surface area is 200 Å². The zero-order valence-corrected chi connectivity index (χ0v) is 21.9. The van der Waals surface area contributed by atoms with Crippen molar-refractivity contribution in [1.29, 1.82) is 0 Å². The molecule has 0 aromatic rings. The van der Waals surface area contributed by atoms with E-state index in [1.165, 1.54) is 11.1 Å². The van der Waals surface area contributed by atoms with Crippen LogP contribution in [0.5, 0.6) is 0 Å². The van der Waals surface area contributed by atoms with Crippen molar-refractivity contribution in [3.05, 3.63) is 23.3 Å². The standard InChI is InChI=1S/C30H44O3/c1-25(2)14-16-30(24(32)33)17-15-28(6)19(20(30)18-25)8-9-22-27(5)12-11-23(31)26(3,4)21(27)10-13-29(22,28)7/h8-9,21-22H,10-18H2,1-7H3,(H,32,33)/t21?,22?,27-,28+,29+,30-/m0/s1. The molecule has 3 saturated carbocycles. The maximum atomic E-state index is 12.9. The van der Waals surface area contributed by atoms with Crippen molar-refractivity contribution in [2.45, 2.75) is 106 Å². The van der Waals surface area contributed by atoms with E-state index in [9.17, 15) is 14.7 Å². The van der Waals surface area contributed by atoms with Crippen LogP contribution in [0, 0.1) is 44.3 Å². The van der Waals surface area contributed by atoms with Gasteiger partial charge in [0, 0.05) is 11.8 Å². The first-order valence-electron chi connectivity index (χ1n) is 13.3. The second-order valence-corrected chi connectivity index (χ2v) is 14.4. The van der Waals surface area contributed by atoms with Crippen molar-refractivity contribution >= 4 is 11.8 Å². The highest BCUT2D eigenvalue weighted by molar-refractivity contribution is 5.85. The molecular weight excluding hydrogens is 408 g/mol. The Balaban J connectivity index is 1.68. The minimum Gasteiger partial charge on any atom is -0.481 e. The third-order valence-electron chi connectivity index (χ3n) is 12.2. The van der Waals surface area contributed by atoms with Crippen LogP contribution >= 0.6 is 0 Å². The third-order valence-corrected chi connectivity index (χ3v) is 12.2. The molecule has 33 heavy (non-hydrogen) atoms. The maximum Gasteiger partial charge on any atom is 0.313 e. The van der Waals surface area contributed by atoms with Gasteiger partial charge in [-0.1, -0.05) is 60.6 Å². The largest absolute Gasteiger partial charge is 0.481 e. The SMILES string of the molecule is CC1(C)CC[C@]2(C(=O)O)CC[C@]3(C)C(=C2C1)C=CC1[C@@]2(C)CCC(=O)C(C)(C)C2CC[C@]13C. The highest BCUT2D eigenvalue weighted by Crippen LogP contribution is 2.73. The van der Waals surface area contributed by atoms with Crippen LogP contribution < -0.4 is 0 Å². The maximum absolute atomic E-state index is 12.9. The molecule has 0 aromatic heterocycles. The quantitative estimate of drug-likeness (QED) is 0.452. The molecule has 5 aliphatic carbocycles. The van der Waals surface area contributed by atoms with Gasteiger partial charge in [0.05, 0.1) is 5.41 Å². The van der Waals surface area contributed by atoms with E-state index in [2.05, 4.69) is 60.6 Å². The molecule has 0 aromatic carbocycles. The van der Waals surface area contributed by atoms with Crippen molar-refractivity contribution in [3.63, 3.8) is 0 Å². The number of carbonyl (C=O) groups excluding carboxylic acids is 1. The molecular formula is C30H44O3. The molecule has 0 radical (unpaired) electrons. The molecule has 3 heteroatoms. The number of fused-ring (bicyclic) bond motifs is 6. The van der Waals surface area contributed by atoms with Gasteiger partial charge in [-0.2, -0.15) is 0 Å². The molecule has 0 saturated heterocycles. The zero-order valence-electron chi connectivity index (χ0n) is 21.9. The lowest BCUT2D eigenvalue weighted by Gasteiger charge is -2.68. The van der Waals surface area contributed by atoms with E-state index in [1.54, 1.807) is 0 Å². The smallest absolute Gasteiger partial charge is 0.313 e. The van der Waals surface area contributed by atoms with E-state index in [0.717, 1.165) is 51.4 Å². The second-order valence-electron chi connectivity index (χ2n) is 14.4. The fraction of sp³-hybridized carbons (Fsp3) is 0.800. The lowest BCUT2D eigenvalue weighted by atomic mass is 9.35. The van der Waals surface area contributed by atoms with Gasteiger partial charge in [0.2, 0.25) is 0 Å². The van der Waals surface area contributed by atoms with E-state index in [1.807, 2.05) is 0 Å². The van der Waals surface area contributed by atoms with Crippen LogP contribution in [0.4, 0.5) is 0 Å². The molecule has 2 unspecified atom stereocenters. The molecule has 5 rings (SSSR count). The number of carboxylic acids is 1.